The molecule has 2 aromatic rings. The predicted molar refractivity (Wildman–Crippen MR) is 139 cm³/mol. The maximum Gasteiger partial charge on any atom is 0.328 e. The van der Waals surface area contributed by atoms with Crippen LogP contribution in [-0.2, 0) is 27.2 Å². The van der Waals surface area contributed by atoms with Crippen LogP contribution in [0.25, 0.3) is 0 Å². The number of nitriles is 1. The maximum atomic E-state index is 13.3. The smallest absolute Gasteiger partial charge is 0.328 e. The summed E-state index contributed by atoms with van der Waals surface area (Å²) in [4.78, 5) is 49.6. The Morgan fingerprint density at radius 3 is 2.69 bits per heavy atom. The lowest BCUT2D eigenvalue weighted by molar-refractivity contribution is -0.136. The number of methoxy groups -OCH3 is 2. The van der Waals surface area contributed by atoms with Crippen LogP contribution < -0.4 is 15.0 Å². The standard InChI is InChI=1S/C27H30N6O6/c1-37-20-5-6-21(20)39-23-11-24(29-13-18(23)12-28)31-27(36)33-8-3-4-16-10-17(19(15-34)30-25(16)33)14-32-9-7-22(38-2)26(32)35/h10-11,13,15,20-22H,3-9,14H2,1-2H3,(H,29,31,36)/t20-,21-,22?/m0/s1. The summed E-state index contributed by atoms with van der Waals surface area (Å²) >= 11 is 0. The topological polar surface area (TPSA) is 147 Å². The first-order valence-corrected chi connectivity index (χ1v) is 12.9. The molecule has 1 saturated carbocycles. The molecule has 3 amide bonds. The van der Waals surface area contributed by atoms with Crippen LogP contribution in [0.1, 0.15) is 52.9 Å². The van der Waals surface area contributed by atoms with Crippen LogP contribution in [0.2, 0.25) is 0 Å². The van der Waals surface area contributed by atoms with Crippen LogP contribution in [0.3, 0.4) is 0 Å². The highest BCUT2D eigenvalue weighted by atomic mass is 16.5. The van der Waals surface area contributed by atoms with E-state index >= 15 is 0 Å². The zero-order valence-corrected chi connectivity index (χ0v) is 21.9. The number of ether oxygens (including phenoxy) is 3. The van der Waals surface area contributed by atoms with Crippen molar-refractivity contribution < 1.29 is 28.6 Å². The SMILES string of the molecule is COC1CCN(Cc2cc3c(nc2C=O)N(C(=O)Nc2cc(O[C@H]4CC[C@@H]4OC)c(C#N)cn2)CCC3)C1=O. The summed E-state index contributed by atoms with van der Waals surface area (Å²) in [6.07, 6.45) is 5.00. The van der Waals surface area contributed by atoms with Gasteiger partial charge in [-0.3, -0.25) is 19.8 Å². The molecule has 2 fully saturated rings. The number of aryl methyl sites for hydroxylation is 1. The molecule has 1 aliphatic carbocycles. The summed E-state index contributed by atoms with van der Waals surface area (Å²) in [6.45, 7) is 1.19. The molecule has 3 aliphatic rings. The van der Waals surface area contributed by atoms with Crippen molar-refractivity contribution in [2.45, 2.75) is 57.0 Å². The summed E-state index contributed by atoms with van der Waals surface area (Å²) in [5.41, 5.74) is 1.90. The van der Waals surface area contributed by atoms with Crippen molar-refractivity contribution in [3.05, 3.63) is 40.7 Å². The first-order chi connectivity index (χ1) is 18.9. The number of aldehydes is 1. The van der Waals surface area contributed by atoms with E-state index < -0.39 is 12.1 Å². The lowest BCUT2D eigenvalue weighted by Crippen LogP contribution is -2.42. The largest absolute Gasteiger partial charge is 0.486 e. The number of nitrogens with one attached hydrogen (secondary N) is 1. The van der Waals surface area contributed by atoms with Crippen LogP contribution in [-0.4, -0.2) is 78.7 Å². The summed E-state index contributed by atoms with van der Waals surface area (Å²) in [5.74, 6) is 0.838. The van der Waals surface area contributed by atoms with E-state index in [1.54, 1.807) is 12.0 Å². The number of hydrogen-bond acceptors (Lipinski definition) is 9. The Morgan fingerprint density at radius 1 is 1.21 bits per heavy atom. The van der Waals surface area contributed by atoms with Crippen LogP contribution >= 0.6 is 0 Å². The summed E-state index contributed by atoms with van der Waals surface area (Å²) in [5, 5.41) is 12.2. The van der Waals surface area contributed by atoms with Gasteiger partial charge in [0, 0.05) is 51.9 Å². The fourth-order valence-electron chi connectivity index (χ4n) is 5.15. The van der Waals surface area contributed by atoms with E-state index in [9.17, 15) is 19.6 Å². The minimum absolute atomic E-state index is 0.0411. The molecule has 0 aromatic carbocycles. The number of pyridine rings is 2. The number of hydrogen-bond donors (Lipinski definition) is 1. The second-order valence-electron chi connectivity index (χ2n) is 9.78. The fraction of sp³-hybridized carbons (Fsp3) is 0.481. The third kappa shape index (κ3) is 5.28. The van der Waals surface area contributed by atoms with Gasteiger partial charge >= 0.3 is 6.03 Å². The van der Waals surface area contributed by atoms with Gasteiger partial charge in [0.15, 0.2) is 6.29 Å². The lowest BCUT2D eigenvalue weighted by Gasteiger charge is -2.35. The number of likely N-dealkylation sites (tertiary alicyclic amines) is 1. The summed E-state index contributed by atoms with van der Waals surface area (Å²) < 4.78 is 16.6. The van der Waals surface area contributed by atoms with Gasteiger partial charge in [0.1, 0.15) is 46.9 Å². The number of fused-ring (bicyclic) bond motifs is 1. The second-order valence-corrected chi connectivity index (χ2v) is 9.78. The average molecular weight is 535 g/mol. The lowest BCUT2D eigenvalue weighted by atomic mass is 9.92. The minimum atomic E-state index is -0.466. The second kappa shape index (κ2) is 11.3. The summed E-state index contributed by atoms with van der Waals surface area (Å²) in [6, 6.07) is 4.98. The molecule has 1 saturated heterocycles. The molecular weight excluding hydrogens is 504 g/mol. The zero-order chi connectivity index (χ0) is 27.5. The quantitative estimate of drug-likeness (QED) is 0.504. The van der Waals surface area contributed by atoms with Gasteiger partial charge in [-0.15, -0.1) is 0 Å². The highest BCUT2D eigenvalue weighted by molar-refractivity contribution is 6.01. The molecule has 1 unspecified atom stereocenters. The zero-order valence-electron chi connectivity index (χ0n) is 21.9. The average Bonchev–Trinajstić information content (AvgIpc) is 3.29. The van der Waals surface area contributed by atoms with Crippen LogP contribution in [0, 0.1) is 11.3 Å². The Morgan fingerprint density at radius 2 is 2.03 bits per heavy atom. The Bertz CT molecular complexity index is 1320. The van der Waals surface area contributed by atoms with Gasteiger partial charge in [0.25, 0.3) is 5.91 Å². The Labute approximate surface area is 225 Å². The molecule has 2 aliphatic heterocycles. The molecule has 204 valence electrons. The molecule has 3 atom stereocenters. The van der Waals surface area contributed by atoms with Gasteiger partial charge in [-0.05, 0) is 37.3 Å². The third-order valence-electron chi connectivity index (χ3n) is 7.48. The molecule has 2 aromatic heterocycles. The number of amides is 3. The van der Waals surface area contributed by atoms with Gasteiger partial charge < -0.3 is 19.1 Å². The van der Waals surface area contributed by atoms with E-state index in [0.29, 0.717) is 55.8 Å². The first kappa shape index (κ1) is 26.5. The monoisotopic (exact) mass is 534 g/mol. The van der Waals surface area contributed by atoms with E-state index in [2.05, 4.69) is 21.4 Å². The molecule has 12 nitrogen and oxygen atoms in total. The molecule has 1 N–H and O–H groups in total. The maximum absolute atomic E-state index is 13.3. The molecule has 5 rings (SSSR count). The molecule has 0 spiro atoms. The molecule has 0 bridgehead atoms. The van der Waals surface area contributed by atoms with Crippen molar-refractivity contribution in [2.24, 2.45) is 0 Å². The third-order valence-corrected chi connectivity index (χ3v) is 7.48. The van der Waals surface area contributed by atoms with Crippen molar-refractivity contribution in [3.8, 4) is 11.8 Å². The highest BCUT2D eigenvalue weighted by Crippen LogP contribution is 2.32. The summed E-state index contributed by atoms with van der Waals surface area (Å²) in [7, 11) is 3.13. The Balaban J connectivity index is 1.34. The molecular formula is C27H30N6O6. The van der Waals surface area contributed by atoms with Crippen molar-refractivity contribution in [1.29, 1.82) is 5.26 Å². The molecule has 39 heavy (non-hydrogen) atoms. The number of nitrogens with zero attached hydrogens (tertiary/aromatic N) is 5. The van der Waals surface area contributed by atoms with Crippen molar-refractivity contribution in [1.82, 2.24) is 14.9 Å². The molecule has 12 heteroatoms. The van der Waals surface area contributed by atoms with Gasteiger partial charge in [-0.2, -0.15) is 5.26 Å². The van der Waals surface area contributed by atoms with Gasteiger partial charge in [-0.25, -0.2) is 14.8 Å². The van der Waals surface area contributed by atoms with Gasteiger partial charge in [-0.1, -0.05) is 0 Å². The van der Waals surface area contributed by atoms with Crippen molar-refractivity contribution >= 4 is 29.9 Å². The van der Waals surface area contributed by atoms with Gasteiger partial charge in [0.05, 0.1) is 12.3 Å². The molecule has 0 radical (unpaired) electrons. The number of anilines is 2. The van der Waals surface area contributed by atoms with E-state index in [0.717, 1.165) is 18.4 Å². The van der Waals surface area contributed by atoms with E-state index in [1.807, 2.05) is 6.07 Å². The number of carbonyl (C=O) groups is 3. The van der Waals surface area contributed by atoms with Crippen molar-refractivity contribution in [3.63, 3.8) is 0 Å². The van der Waals surface area contributed by atoms with Crippen LogP contribution in [0.5, 0.6) is 5.75 Å². The normalized spacial score (nSPS) is 22.1. The number of rotatable bonds is 8. The minimum Gasteiger partial charge on any atom is -0.486 e. The Kier molecular flexibility index (Phi) is 7.72. The first-order valence-electron chi connectivity index (χ1n) is 12.9. The number of carbonyl (C=O) groups excluding carboxylic acids is 3. The number of aromatic nitrogens is 2. The van der Waals surface area contributed by atoms with Crippen LogP contribution in [0.4, 0.5) is 16.4 Å². The van der Waals surface area contributed by atoms with Gasteiger partial charge in [0.2, 0.25) is 0 Å². The van der Waals surface area contributed by atoms with E-state index in [-0.39, 0.29) is 41.7 Å². The van der Waals surface area contributed by atoms with E-state index in [4.69, 9.17) is 14.2 Å². The fourth-order valence-corrected chi connectivity index (χ4v) is 5.15. The van der Waals surface area contributed by atoms with Crippen LogP contribution in [0.15, 0.2) is 18.3 Å². The highest BCUT2D eigenvalue weighted by Gasteiger charge is 2.34. The predicted octanol–water partition coefficient (Wildman–Crippen LogP) is 2.45. The number of urea groups is 1. The Hall–Kier alpha value is -4.08. The molecule has 4 heterocycles. The van der Waals surface area contributed by atoms with E-state index in [1.165, 1.54) is 24.3 Å². The van der Waals surface area contributed by atoms with Crippen molar-refractivity contribution in [2.75, 3.05) is 37.5 Å².